The summed E-state index contributed by atoms with van der Waals surface area (Å²) in [5.74, 6) is -1.02. The third-order valence-corrected chi connectivity index (χ3v) is 2.85. The lowest BCUT2D eigenvalue weighted by Gasteiger charge is -2.07. The first-order chi connectivity index (χ1) is 9.72. The highest BCUT2D eigenvalue weighted by Crippen LogP contribution is 2.34. The highest BCUT2D eigenvalue weighted by Gasteiger charge is 2.18. The van der Waals surface area contributed by atoms with Crippen molar-refractivity contribution >= 4 is 19.3 Å². The summed E-state index contributed by atoms with van der Waals surface area (Å²) < 4.78 is 25.5. The van der Waals surface area contributed by atoms with Gasteiger partial charge in [-0.05, 0) is 6.92 Å². The molecule has 0 rings (SSSR count). The van der Waals surface area contributed by atoms with E-state index in [4.69, 9.17) is 24.0 Å². The van der Waals surface area contributed by atoms with E-state index < -0.39 is 25.5 Å². The number of ether oxygens (including phenoxy) is 3. The SMILES string of the molecule is C=C(C)C(=O)OCCOCCOCCC(=O)CP(=O)(O)O. The largest absolute Gasteiger partial charge is 0.460 e. The molecular weight excluding hydrogens is 303 g/mol. The predicted molar refractivity (Wildman–Crippen MR) is 73.9 cm³/mol. The number of rotatable bonds is 12. The first kappa shape index (κ1) is 19.9. The number of Topliss-reactive ketones (excluding diaryl/α,β-unsaturated/α-hetero) is 1. The summed E-state index contributed by atoms with van der Waals surface area (Å²) in [4.78, 5) is 39.2. The first-order valence-corrected chi connectivity index (χ1v) is 8.06. The number of carbonyl (C=O) groups excluding carboxylic acids is 2. The molecule has 2 N–H and O–H groups in total. The molecule has 0 aromatic heterocycles. The Morgan fingerprint density at radius 2 is 1.57 bits per heavy atom. The van der Waals surface area contributed by atoms with E-state index in [1.54, 1.807) is 6.92 Å². The molecule has 0 fully saturated rings. The number of carbonyl (C=O) groups is 2. The van der Waals surface area contributed by atoms with Gasteiger partial charge in [-0.2, -0.15) is 0 Å². The van der Waals surface area contributed by atoms with Crippen LogP contribution >= 0.6 is 7.60 Å². The smallest absolute Gasteiger partial charge is 0.333 e. The third-order valence-electron chi connectivity index (χ3n) is 2.09. The van der Waals surface area contributed by atoms with E-state index in [9.17, 15) is 14.2 Å². The molecule has 0 spiro atoms. The Morgan fingerprint density at radius 1 is 1.05 bits per heavy atom. The van der Waals surface area contributed by atoms with Crippen molar-refractivity contribution < 1.29 is 38.2 Å². The van der Waals surface area contributed by atoms with Crippen LogP contribution in [0.3, 0.4) is 0 Å². The van der Waals surface area contributed by atoms with Gasteiger partial charge in [0.2, 0.25) is 0 Å². The molecule has 0 aliphatic carbocycles. The molecule has 0 saturated heterocycles. The lowest BCUT2D eigenvalue weighted by atomic mass is 10.3. The van der Waals surface area contributed by atoms with Crippen molar-refractivity contribution in [3.05, 3.63) is 12.2 Å². The van der Waals surface area contributed by atoms with Crippen LogP contribution in [0.2, 0.25) is 0 Å². The Kier molecular flexibility index (Phi) is 10.1. The molecule has 21 heavy (non-hydrogen) atoms. The molecular formula is C12H21O8P. The quantitative estimate of drug-likeness (QED) is 0.227. The molecule has 9 heteroatoms. The van der Waals surface area contributed by atoms with Crippen LogP contribution in [-0.4, -0.2) is 60.7 Å². The Labute approximate surface area is 123 Å². The molecule has 0 aliphatic rings. The van der Waals surface area contributed by atoms with Crippen molar-refractivity contribution in [3.63, 3.8) is 0 Å². The van der Waals surface area contributed by atoms with E-state index >= 15 is 0 Å². The minimum atomic E-state index is -4.29. The maximum atomic E-state index is 11.1. The minimum absolute atomic E-state index is 0.0542. The number of ketones is 1. The van der Waals surface area contributed by atoms with Gasteiger partial charge in [-0.3, -0.25) is 9.36 Å². The molecule has 0 aromatic rings. The average molecular weight is 324 g/mol. The maximum absolute atomic E-state index is 11.1. The van der Waals surface area contributed by atoms with Crippen LogP contribution in [0, 0.1) is 0 Å². The monoisotopic (exact) mass is 324 g/mol. The Bertz CT molecular complexity index is 400. The molecule has 0 radical (unpaired) electrons. The summed E-state index contributed by atoms with van der Waals surface area (Å²) in [6.07, 6.45) is -0.817. The molecule has 0 aromatic carbocycles. The van der Waals surface area contributed by atoms with Gasteiger partial charge in [-0.25, -0.2) is 4.79 Å². The fourth-order valence-corrected chi connectivity index (χ4v) is 1.75. The number of hydrogen-bond acceptors (Lipinski definition) is 6. The Morgan fingerprint density at radius 3 is 2.10 bits per heavy atom. The van der Waals surface area contributed by atoms with E-state index in [1.807, 2.05) is 0 Å². The summed E-state index contributed by atoms with van der Waals surface area (Å²) in [6, 6.07) is 0. The fraction of sp³-hybridized carbons (Fsp3) is 0.667. The highest BCUT2D eigenvalue weighted by molar-refractivity contribution is 7.52. The molecule has 0 aliphatic heterocycles. The lowest BCUT2D eigenvalue weighted by molar-refractivity contribution is -0.140. The average Bonchev–Trinajstić information content (AvgIpc) is 2.34. The van der Waals surface area contributed by atoms with Crippen LogP contribution in [0.15, 0.2) is 12.2 Å². The Balaban J connectivity index is 3.37. The van der Waals surface area contributed by atoms with Gasteiger partial charge in [0.05, 0.1) is 26.4 Å². The summed E-state index contributed by atoms with van der Waals surface area (Å²) in [5, 5.41) is 0. The topological polar surface area (TPSA) is 119 Å². The van der Waals surface area contributed by atoms with E-state index in [1.165, 1.54) is 0 Å². The van der Waals surface area contributed by atoms with Gasteiger partial charge in [0, 0.05) is 12.0 Å². The van der Waals surface area contributed by atoms with E-state index in [-0.39, 0.29) is 39.5 Å². The lowest BCUT2D eigenvalue weighted by Crippen LogP contribution is -2.14. The van der Waals surface area contributed by atoms with Gasteiger partial charge in [0.25, 0.3) is 0 Å². The summed E-state index contributed by atoms with van der Waals surface area (Å²) >= 11 is 0. The second-order valence-electron chi connectivity index (χ2n) is 4.25. The standard InChI is InChI=1S/C12H21O8P/c1-10(2)12(14)20-8-7-19-6-5-18-4-3-11(13)9-21(15,16)17/h1,3-9H2,2H3,(H2,15,16,17). The second-order valence-corrected chi connectivity index (χ2v) is 5.90. The minimum Gasteiger partial charge on any atom is -0.460 e. The van der Waals surface area contributed by atoms with Gasteiger partial charge in [-0.15, -0.1) is 0 Å². The first-order valence-electron chi connectivity index (χ1n) is 6.27. The molecule has 0 atom stereocenters. The van der Waals surface area contributed by atoms with Gasteiger partial charge in [0.15, 0.2) is 0 Å². The highest BCUT2D eigenvalue weighted by atomic mass is 31.2. The summed E-state index contributed by atoms with van der Waals surface area (Å²) in [7, 11) is -4.29. The molecule has 0 bridgehead atoms. The summed E-state index contributed by atoms with van der Waals surface area (Å²) in [5.41, 5.74) is 0.318. The van der Waals surface area contributed by atoms with Crippen LogP contribution < -0.4 is 0 Å². The van der Waals surface area contributed by atoms with E-state index in [0.29, 0.717) is 5.57 Å². The van der Waals surface area contributed by atoms with E-state index in [2.05, 4.69) is 6.58 Å². The normalized spacial score (nSPS) is 11.2. The zero-order valence-electron chi connectivity index (χ0n) is 11.9. The van der Waals surface area contributed by atoms with E-state index in [0.717, 1.165) is 0 Å². The van der Waals surface area contributed by atoms with Gasteiger partial charge in [-0.1, -0.05) is 6.58 Å². The molecule has 0 heterocycles. The zero-order valence-corrected chi connectivity index (χ0v) is 12.8. The van der Waals surface area contributed by atoms with Crippen LogP contribution in [-0.2, 0) is 28.4 Å². The number of hydrogen-bond donors (Lipinski definition) is 2. The van der Waals surface area contributed by atoms with Gasteiger partial charge >= 0.3 is 13.6 Å². The molecule has 0 unspecified atom stereocenters. The second kappa shape index (κ2) is 10.6. The Hall–Kier alpha value is -1.05. The third kappa shape index (κ3) is 13.7. The maximum Gasteiger partial charge on any atom is 0.333 e. The van der Waals surface area contributed by atoms with Crippen LogP contribution in [0.4, 0.5) is 0 Å². The van der Waals surface area contributed by atoms with Crippen molar-refractivity contribution in [2.45, 2.75) is 13.3 Å². The van der Waals surface area contributed by atoms with Crippen molar-refractivity contribution in [2.75, 3.05) is 39.2 Å². The van der Waals surface area contributed by atoms with Crippen molar-refractivity contribution in [3.8, 4) is 0 Å². The fourth-order valence-electron chi connectivity index (χ4n) is 1.13. The van der Waals surface area contributed by atoms with Crippen LogP contribution in [0.5, 0.6) is 0 Å². The molecule has 122 valence electrons. The van der Waals surface area contributed by atoms with Crippen molar-refractivity contribution in [1.82, 2.24) is 0 Å². The molecule has 8 nitrogen and oxygen atoms in total. The van der Waals surface area contributed by atoms with Gasteiger partial charge < -0.3 is 24.0 Å². The van der Waals surface area contributed by atoms with Crippen molar-refractivity contribution in [1.29, 1.82) is 0 Å². The van der Waals surface area contributed by atoms with Crippen molar-refractivity contribution in [2.24, 2.45) is 0 Å². The van der Waals surface area contributed by atoms with Crippen LogP contribution in [0.25, 0.3) is 0 Å². The number of esters is 1. The molecule has 0 saturated carbocycles. The molecule has 0 amide bonds. The summed E-state index contributed by atoms with van der Waals surface area (Å²) in [6.45, 7) is 5.89. The van der Waals surface area contributed by atoms with Crippen LogP contribution in [0.1, 0.15) is 13.3 Å². The van der Waals surface area contributed by atoms with Gasteiger partial charge in [0.1, 0.15) is 18.6 Å². The zero-order chi connectivity index (χ0) is 16.3. The predicted octanol–water partition coefficient (Wildman–Crippen LogP) is 0.276.